The average molecular weight is 555 g/mol. The summed E-state index contributed by atoms with van der Waals surface area (Å²) >= 11 is 0. The third-order valence-electron chi connectivity index (χ3n) is 7.37. The van der Waals surface area contributed by atoms with Crippen molar-refractivity contribution in [3.63, 3.8) is 0 Å². The monoisotopic (exact) mass is 554 g/mol. The Labute approximate surface area is 219 Å². The van der Waals surface area contributed by atoms with Crippen LogP contribution in [0.2, 0.25) is 0 Å². The van der Waals surface area contributed by atoms with Gasteiger partial charge in [-0.3, -0.25) is 9.59 Å². The molecule has 39 heavy (non-hydrogen) atoms. The van der Waals surface area contributed by atoms with Gasteiger partial charge in [-0.2, -0.15) is 18.3 Å². The van der Waals surface area contributed by atoms with Crippen molar-refractivity contribution < 1.29 is 31.5 Å². The maximum absolute atomic E-state index is 13.9. The van der Waals surface area contributed by atoms with Gasteiger partial charge in [0.05, 0.1) is 36.7 Å². The van der Waals surface area contributed by atoms with E-state index >= 15 is 0 Å². The molecule has 15 heteroatoms. The summed E-state index contributed by atoms with van der Waals surface area (Å²) in [6.07, 6.45) is -0.655. The van der Waals surface area contributed by atoms with E-state index in [9.17, 15) is 31.5 Å². The topological polar surface area (TPSA) is 133 Å². The zero-order valence-corrected chi connectivity index (χ0v) is 20.7. The van der Waals surface area contributed by atoms with Gasteiger partial charge in [0.2, 0.25) is 11.8 Å². The van der Waals surface area contributed by atoms with Crippen LogP contribution in [-0.2, 0) is 4.79 Å². The van der Waals surface area contributed by atoms with Crippen molar-refractivity contribution in [3.8, 4) is 0 Å². The Bertz CT molecular complexity index is 1360. The number of amides is 2. The smallest absolute Gasteiger partial charge is 0.364 e. The number of halogens is 5. The first-order valence-corrected chi connectivity index (χ1v) is 12.7. The lowest BCUT2D eigenvalue weighted by molar-refractivity contribution is -0.144. The third-order valence-corrected chi connectivity index (χ3v) is 7.37. The summed E-state index contributed by atoms with van der Waals surface area (Å²) in [6.45, 7) is 0. The predicted molar refractivity (Wildman–Crippen MR) is 125 cm³/mol. The van der Waals surface area contributed by atoms with Gasteiger partial charge < -0.3 is 11.1 Å². The van der Waals surface area contributed by atoms with E-state index in [1.165, 1.54) is 21.6 Å². The van der Waals surface area contributed by atoms with Crippen LogP contribution >= 0.6 is 0 Å². The minimum absolute atomic E-state index is 0.0124. The molecule has 0 bridgehead atoms. The number of alkyl halides is 5. The Kier molecular flexibility index (Phi) is 7.01. The second kappa shape index (κ2) is 10.2. The molecule has 0 saturated heterocycles. The molecule has 2 saturated carbocycles. The van der Waals surface area contributed by atoms with Gasteiger partial charge in [-0.15, -0.1) is 5.10 Å². The molecule has 5 rings (SSSR count). The molecule has 0 spiro atoms. The molecule has 2 aliphatic carbocycles. The summed E-state index contributed by atoms with van der Waals surface area (Å²) < 4.78 is 68.3. The first-order valence-electron chi connectivity index (χ1n) is 12.7. The summed E-state index contributed by atoms with van der Waals surface area (Å²) in [5.74, 6) is -4.51. The number of nitrogens with one attached hydrogen (secondary N) is 1. The molecule has 2 atom stereocenters. The molecule has 2 amide bonds. The normalized spacial score (nSPS) is 19.6. The maximum Gasteiger partial charge on any atom is 0.389 e. The van der Waals surface area contributed by atoms with Gasteiger partial charge >= 0.3 is 6.18 Å². The van der Waals surface area contributed by atoms with Gasteiger partial charge in [-0.05, 0) is 49.1 Å². The number of nitrogens with zero attached hydrogens (tertiary/aromatic N) is 6. The molecule has 3 N–H and O–H groups in total. The highest BCUT2D eigenvalue weighted by atomic mass is 19.4. The van der Waals surface area contributed by atoms with E-state index in [0.717, 1.165) is 12.8 Å². The lowest BCUT2D eigenvalue weighted by atomic mass is 9.81. The highest BCUT2D eigenvalue weighted by molar-refractivity contribution is 5.90. The van der Waals surface area contributed by atoms with Crippen molar-refractivity contribution >= 4 is 17.5 Å². The quantitative estimate of drug-likeness (QED) is 0.387. The molecule has 0 radical (unpaired) electrons. The van der Waals surface area contributed by atoms with Gasteiger partial charge in [-0.1, -0.05) is 5.21 Å². The number of hydrogen-bond acceptors (Lipinski definition) is 6. The Morgan fingerprint density at radius 1 is 1.13 bits per heavy atom. The molecular weight excluding hydrogens is 527 g/mol. The number of primary amides is 1. The third kappa shape index (κ3) is 6.17. The van der Waals surface area contributed by atoms with Crippen molar-refractivity contribution in [2.24, 2.45) is 17.6 Å². The standard InChI is InChI=1S/C24H27F5N8O2/c25-23(26)6-3-14(4-7-23)21(37-17(22(30)39)11-31-35-37)16-12-36-18(33-16)9-15(10-32-36)20(13-1-2-13)34-19(38)5-8-24(27,28)29/h9-14,20-21H,1-8H2,(H2,30,39)(H,34,38)/t20-,21+/m1/s1. The molecule has 3 aromatic heterocycles. The highest BCUT2D eigenvalue weighted by Gasteiger charge is 2.41. The van der Waals surface area contributed by atoms with Crippen LogP contribution in [0.15, 0.2) is 24.7 Å². The first-order chi connectivity index (χ1) is 18.4. The maximum atomic E-state index is 13.9. The number of rotatable bonds is 9. The van der Waals surface area contributed by atoms with Gasteiger partial charge in [0.25, 0.3) is 5.91 Å². The van der Waals surface area contributed by atoms with Crippen molar-refractivity contribution in [2.45, 2.75) is 75.5 Å². The number of hydrogen-bond donors (Lipinski definition) is 2. The summed E-state index contributed by atoms with van der Waals surface area (Å²) in [5.41, 5.74) is 6.90. The molecule has 2 aliphatic rings. The number of fused-ring (bicyclic) bond motifs is 1. The first kappa shape index (κ1) is 26.9. The zero-order chi connectivity index (χ0) is 27.9. The van der Waals surface area contributed by atoms with Gasteiger partial charge in [-0.25, -0.2) is 23.0 Å². The summed E-state index contributed by atoms with van der Waals surface area (Å²) in [5, 5.41) is 14.9. The van der Waals surface area contributed by atoms with Crippen molar-refractivity contribution in [1.82, 2.24) is 34.9 Å². The van der Waals surface area contributed by atoms with Crippen LogP contribution in [0.25, 0.3) is 5.65 Å². The number of nitrogens with two attached hydrogens (primary N) is 1. The van der Waals surface area contributed by atoms with E-state index < -0.39 is 48.8 Å². The molecule has 0 unspecified atom stereocenters. The van der Waals surface area contributed by atoms with Crippen LogP contribution < -0.4 is 11.1 Å². The summed E-state index contributed by atoms with van der Waals surface area (Å²) in [7, 11) is 0. The molecule has 3 heterocycles. The molecule has 2 fully saturated rings. The zero-order valence-electron chi connectivity index (χ0n) is 20.7. The van der Waals surface area contributed by atoms with E-state index in [0.29, 0.717) is 16.9 Å². The lowest BCUT2D eigenvalue weighted by Gasteiger charge is -2.33. The van der Waals surface area contributed by atoms with Crippen LogP contribution in [-0.4, -0.2) is 53.5 Å². The molecular formula is C24H27F5N8O2. The number of carbonyl (C=O) groups excluding carboxylic acids is 2. The van der Waals surface area contributed by atoms with E-state index in [1.54, 1.807) is 12.3 Å². The van der Waals surface area contributed by atoms with Crippen LogP contribution in [0.5, 0.6) is 0 Å². The van der Waals surface area contributed by atoms with Crippen LogP contribution in [0.1, 0.15) is 85.2 Å². The van der Waals surface area contributed by atoms with Gasteiger partial charge in [0.15, 0.2) is 5.65 Å². The van der Waals surface area contributed by atoms with Gasteiger partial charge in [0, 0.05) is 19.3 Å². The Balaban J connectivity index is 1.44. The fourth-order valence-electron chi connectivity index (χ4n) is 5.20. The van der Waals surface area contributed by atoms with E-state index in [2.05, 4.69) is 25.7 Å². The molecule has 10 nitrogen and oxygen atoms in total. The minimum atomic E-state index is -4.43. The molecule has 210 valence electrons. The second-order valence-corrected chi connectivity index (χ2v) is 10.3. The predicted octanol–water partition coefficient (Wildman–Crippen LogP) is 3.74. The number of imidazole rings is 1. The van der Waals surface area contributed by atoms with Crippen molar-refractivity contribution in [3.05, 3.63) is 41.6 Å². The Morgan fingerprint density at radius 2 is 1.85 bits per heavy atom. The fraction of sp³-hybridized carbons (Fsp3) is 0.583. The highest BCUT2D eigenvalue weighted by Crippen LogP contribution is 2.43. The average Bonchev–Trinajstić information content (AvgIpc) is 3.43. The Morgan fingerprint density at radius 3 is 2.49 bits per heavy atom. The number of aromatic nitrogens is 6. The summed E-state index contributed by atoms with van der Waals surface area (Å²) in [6, 6.07) is 0.459. The van der Waals surface area contributed by atoms with Crippen LogP contribution in [0.3, 0.4) is 0 Å². The van der Waals surface area contributed by atoms with E-state index in [4.69, 9.17) is 5.73 Å². The van der Waals surface area contributed by atoms with Crippen LogP contribution in [0.4, 0.5) is 22.0 Å². The molecule has 3 aromatic rings. The molecule has 0 aromatic carbocycles. The number of carbonyl (C=O) groups is 2. The van der Waals surface area contributed by atoms with Crippen molar-refractivity contribution in [2.75, 3.05) is 0 Å². The van der Waals surface area contributed by atoms with Crippen molar-refractivity contribution in [1.29, 1.82) is 0 Å². The fourth-order valence-corrected chi connectivity index (χ4v) is 5.20. The summed E-state index contributed by atoms with van der Waals surface area (Å²) in [4.78, 5) is 28.9. The Hall–Kier alpha value is -3.65. The minimum Gasteiger partial charge on any atom is -0.364 e. The SMILES string of the molecule is NC(=O)c1cnnn1[C@H](c1cn2ncc([C@H](NC(=O)CCC(F)(F)F)C3CC3)cc2n1)C1CCC(F)(F)CC1. The largest absolute Gasteiger partial charge is 0.389 e. The van der Waals surface area contributed by atoms with E-state index in [-0.39, 0.29) is 43.2 Å². The van der Waals surface area contributed by atoms with Gasteiger partial charge in [0.1, 0.15) is 11.7 Å². The second-order valence-electron chi connectivity index (χ2n) is 10.3. The van der Waals surface area contributed by atoms with E-state index in [1.807, 2.05) is 0 Å². The van der Waals surface area contributed by atoms with Crippen LogP contribution in [0, 0.1) is 11.8 Å². The lowest BCUT2D eigenvalue weighted by Crippen LogP contribution is -2.33. The molecule has 0 aliphatic heterocycles.